The van der Waals surface area contributed by atoms with Gasteiger partial charge < -0.3 is 15.7 Å². The standard InChI is InChI=1S/C22H26N2O3/c23-22(27)20-6-2-1-4-18(20)11-12-21(26)24-13-3-5-19(14-24)17-9-7-16(15-25)8-10-17/h1-2,4,6-10,19,25H,3,5,11-15H2,(H2,23,27). The number of primary amides is 1. The van der Waals surface area contributed by atoms with E-state index in [0.717, 1.165) is 37.1 Å². The summed E-state index contributed by atoms with van der Waals surface area (Å²) < 4.78 is 0. The Kier molecular flexibility index (Phi) is 6.24. The number of hydrogen-bond donors (Lipinski definition) is 2. The Bertz CT molecular complexity index is 801. The van der Waals surface area contributed by atoms with Crippen LogP contribution >= 0.6 is 0 Å². The predicted octanol–water partition coefficient (Wildman–Crippen LogP) is 2.62. The number of hydrogen-bond acceptors (Lipinski definition) is 3. The van der Waals surface area contributed by atoms with Crippen molar-refractivity contribution in [1.29, 1.82) is 0 Å². The van der Waals surface area contributed by atoms with Gasteiger partial charge in [-0.05, 0) is 42.0 Å². The van der Waals surface area contributed by atoms with Crippen LogP contribution in [0.1, 0.15) is 52.2 Å². The van der Waals surface area contributed by atoms with Crippen molar-refractivity contribution >= 4 is 11.8 Å². The average molecular weight is 366 g/mol. The first kappa shape index (κ1) is 19.1. The highest BCUT2D eigenvalue weighted by Crippen LogP contribution is 2.27. The topological polar surface area (TPSA) is 83.6 Å². The van der Waals surface area contributed by atoms with E-state index in [1.165, 1.54) is 5.56 Å². The van der Waals surface area contributed by atoms with Gasteiger partial charge in [-0.15, -0.1) is 0 Å². The minimum atomic E-state index is -0.456. The van der Waals surface area contributed by atoms with Crippen molar-refractivity contribution in [2.45, 2.75) is 38.2 Å². The van der Waals surface area contributed by atoms with Gasteiger partial charge in [0, 0.05) is 31.0 Å². The molecule has 0 bridgehead atoms. The van der Waals surface area contributed by atoms with E-state index in [2.05, 4.69) is 0 Å². The SMILES string of the molecule is NC(=O)c1ccccc1CCC(=O)N1CCCC(c2ccc(CO)cc2)C1. The summed E-state index contributed by atoms with van der Waals surface area (Å²) >= 11 is 0. The number of carbonyl (C=O) groups is 2. The van der Waals surface area contributed by atoms with Crippen LogP contribution in [0, 0.1) is 0 Å². The molecule has 0 spiro atoms. The van der Waals surface area contributed by atoms with Crippen LogP contribution in [0.4, 0.5) is 0 Å². The zero-order valence-electron chi connectivity index (χ0n) is 15.4. The van der Waals surface area contributed by atoms with Crippen LogP contribution < -0.4 is 5.73 Å². The minimum absolute atomic E-state index is 0.0440. The van der Waals surface area contributed by atoms with Crippen molar-refractivity contribution in [2.75, 3.05) is 13.1 Å². The summed E-state index contributed by atoms with van der Waals surface area (Å²) in [5.74, 6) is -0.0123. The molecule has 0 saturated carbocycles. The third-order valence-corrected chi connectivity index (χ3v) is 5.30. The highest BCUT2D eigenvalue weighted by atomic mass is 16.3. The van der Waals surface area contributed by atoms with Crippen LogP contribution in [-0.2, 0) is 17.8 Å². The molecule has 1 saturated heterocycles. The number of rotatable bonds is 6. The quantitative estimate of drug-likeness (QED) is 0.824. The molecule has 2 amide bonds. The fraction of sp³-hybridized carbons (Fsp3) is 0.364. The van der Waals surface area contributed by atoms with Crippen LogP contribution in [0.3, 0.4) is 0 Å². The van der Waals surface area contributed by atoms with Crippen molar-refractivity contribution in [1.82, 2.24) is 4.90 Å². The summed E-state index contributed by atoms with van der Waals surface area (Å²) in [5, 5.41) is 9.18. The molecule has 142 valence electrons. The molecule has 2 aromatic rings. The van der Waals surface area contributed by atoms with E-state index in [-0.39, 0.29) is 12.5 Å². The minimum Gasteiger partial charge on any atom is -0.392 e. The summed E-state index contributed by atoms with van der Waals surface area (Å²) in [6.45, 7) is 1.54. The molecule has 3 N–H and O–H groups in total. The van der Waals surface area contributed by atoms with E-state index >= 15 is 0 Å². The highest BCUT2D eigenvalue weighted by Gasteiger charge is 2.24. The molecule has 5 nitrogen and oxygen atoms in total. The molecule has 1 aliphatic rings. The molecule has 0 aromatic heterocycles. The number of nitrogens with zero attached hydrogens (tertiary/aromatic N) is 1. The lowest BCUT2D eigenvalue weighted by molar-refractivity contribution is -0.132. The molecule has 1 aliphatic heterocycles. The maximum absolute atomic E-state index is 12.7. The molecule has 2 aromatic carbocycles. The van der Waals surface area contributed by atoms with Crippen LogP contribution in [0.2, 0.25) is 0 Å². The number of aryl methyl sites for hydroxylation is 1. The first-order chi connectivity index (χ1) is 13.1. The summed E-state index contributed by atoms with van der Waals surface area (Å²) in [6.07, 6.45) is 2.94. The van der Waals surface area contributed by atoms with Gasteiger partial charge in [-0.3, -0.25) is 9.59 Å². The molecule has 0 aliphatic carbocycles. The molecule has 3 rings (SSSR count). The summed E-state index contributed by atoms with van der Waals surface area (Å²) in [6, 6.07) is 15.2. The third-order valence-electron chi connectivity index (χ3n) is 5.30. The lowest BCUT2D eigenvalue weighted by atomic mass is 9.90. The number of piperidine rings is 1. The summed E-state index contributed by atoms with van der Waals surface area (Å²) in [5.41, 5.74) is 8.84. The second-order valence-corrected chi connectivity index (χ2v) is 7.10. The molecule has 5 heteroatoms. The van der Waals surface area contributed by atoms with Gasteiger partial charge >= 0.3 is 0 Å². The number of nitrogens with two attached hydrogens (primary N) is 1. The van der Waals surface area contributed by atoms with Gasteiger partial charge in [0.15, 0.2) is 0 Å². The summed E-state index contributed by atoms with van der Waals surface area (Å²) in [7, 11) is 0. The maximum Gasteiger partial charge on any atom is 0.248 e. The normalized spacial score (nSPS) is 16.9. The number of likely N-dealkylation sites (tertiary alicyclic amines) is 1. The van der Waals surface area contributed by atoms with Gasteiger partial charge in [0.05, 0.1) is 6.61 Å². The Labute approximate surface area is 159 Å². The molecule has 1 fully saturated rings. The van der Waals surface area contributed by atoms with E-state index in [9.17, 15) is 14.7 Å². The Balaban J connectivity index is 1.60. The number of benzene rings is 2. The van der Waals surface area contributed by atoms with Crippen molar-refractivity contribution in [3.05, 3.63) is 70.8 Å². The first-order valence-corrected chi connectivity index (χ1v) is 9.43. The van der Waals surface area contributed by atoms with Crippen molar-refractivity contribution in [3.8, 4) is 0 Å². The summed E-state index contributed by atoms with van der Waals surface area (Å²) in [4.78, 5) is 26.2. The number of aliphatic hydroxyl groups is 1. The zero-order valence-corrected chi connectivity index (χ0v) is 15.4. The van der Waals surface area contributed by atoms with Crippen molar-refractivity contribution in [3.63, 3.8) is 0 Å². The van der Waals surface area contributed by atoms with Crippen molar-refractivity contribution < 1.29 is 14.7 Å². The average Bonchev–Trinajstić information content (AvgIpc) is 2.72. The molecular weight excluding hydrogens is 340 g/mol. The number of carbonyl (C=O) groups excluding carboxylic acids is 2. The van der Waals surface area contributed by atoms with E-state index in [4.69, 9.17) is 5.73 Å². The Morgan fingerprint density at radius 1 is 1.11 bits per heavy atom. The molecule has 27 heavy (non-hydrogen) atoms. The van der Waals surface area contributed by atoms with Crippen molar-refractivity contribution in [2.24, 2.45) is 5.73 Å². The van der Waals surface area contributed by atoms with Gasteiger partial charge in [-0.1, -0.05) is 42.5 Å². The Morgan fingerprint density at radius 2 is 1.85 bits per heavy atom. The van der Waals surface area contributed by atoms with Gasteiger partial charge in [0.25, 0.3) is 0 Å². The molecular formula is C22H26N2O3. The van der Waals surface area contributed by atoms with Gasteiger partial charge in [0.2, 0.25) is 11.8 Å². The Morgan fingerprint density at radius 3 is 2.56 bits per heavy atom. The molecule has 1 heterocycles. The second-order valence-electron chi connectivity index (χ2n) is 7.10. The van der Waals surface area contributed by atoms with Gasteiger partial charge in [0.1, 0.15) is 0 Å². The highest BCUT2D eigenvalue weighted by molar-refractivity contribution is 5.94. The fourth-order valence-electron chi connectivity index (χ4n) is 3.75. The van der Waals surface area contributed by atoms with E-state index in [1.807, 2.05) is 41.3 Å². The maximum atomic E-state index is 12.7. The fourth-order valence-corrected chi connectivity index (χ4v) is 3.75. The molecule has 0 radical (unpaired) electrons. The largest absolute Gasteiger partial charge is 0.392 e. The lowest BCUT2D eigenvalue weighted by Crippen LogP contribution is -2.39. The predicted molar refractivity (Wildman–Crippen MR) is 104 cm³/mol. The van der Waals surface area contributed by atoms with E-state index in [1.54, 1.807) is 12.1 Å². The van der Waals surface area contributed by atoms with E-state index < -0.39 is 5.91 Å². The second kappa shape index (κ2) is 8.82. The van der Waals surface area contributed by atoms with Crippen LogP contribution in [0.15, 0.2) is 48.5 Å². The molecule has 1 atom stereocenters. The number of amides is 2. The first-order valence-electron chi connectivity index (χ1n) is 9.43. The van der Waals surface area contributed by atoms with E-state index in [0.29, 0.717) is 24.3 Å². The van der Waals surface area contributed by atoms with Gasteiger partial charge in [-0.25, -0.2) is 0 Å². The van der Waals surface area contributed by atoms with Crippen LogP contribution in [0.25, 0.3) is 0 Å². The number of aliphatic hydroxyl groups excluding tert-OH is 1. The molecule has 1 unspecified atom stereocenters. The smallest absolute Gasteiger partial charge is 0.248 e. The van der Waals surface area contributed by atoms with Crippen LogP contribution in [0.5, 0.6) is 0 Å². The Hall–Kier alpha value is -2.66. The van der Waals surface area contributed by atoms with Crippen LogP contribution in [-0.4, -0.2) is 34.9 Å². The monoisotopic (exact) mass is 366 g/mol. The van der Waals surface area contributed by atoms with Gasteiger partial charge in [-0.2, -0.15) is 0 Å². The lowest BCUT2D eigenvalue weighted by Gasteiger charge is -2.33. The zero-order chi connectivity index (χ0) is 19.2. The third kappa shape index (κ3) is 4.74.